The molecule has 0 aliphatic heterocycles. The average molecular weight is 377 g/mol. The van der Waals surface area contributed by atoms with Gasteiger partial charge in [0.25, 0.3) is 5.91 Å². The predicted octanol–water partition coefficient (Wildman–Crippen LogP) is 4.20. The number of carbonyl (C=O) groups excluding carboxylic acids is 1. The van der Waals surface area contributed by atoms with E-state index in [9.17, 15) is 22.4 Å². The third kappa shape index (κ3) is 4.56. The number of aromatic nitrogens is 2. The zero-order valence-electron chi connectivity index (χ0n) is 13.1. The number of nitrogens with one attached hydrogen (secondary N) is 1. The lowest BCUT2D eigenvalue weighted by Gasteiger charge is -2.19. The Balaban J connectivity index is 2.57. The molecule has 0 aliphatic carbocycles. The van der Waals surface area contributed by atoms with Gasteiger partial charge in [-0.2, -0.15) is 18.2 Å². The van der Waals surface area contributed by atoms with E-state index in [-0.39, 0.29) is 27.9 Å². The number of carbonyl (C=O) groups is 1. The SMILES string of the molecule is CC(C)(F)c1cc(Nc2nc(Cl)ncc2C(N)=O)cc(C(F)(F)F)c1. The van der Waals surface area contributed by atoms with Crippen LogP contribution in [0.4, 0.5) is 29.1 Å². The van der Waals surface area contributed by atoms with Crippen molar-refractivity contribution in [2.45, 2.75) is 25.7 Å². The normalized spacial score (nSPS) is 12.1. The summed E-state index contributed by atoms with van der Waals surface area (Å²) in [6.07, 6.45) is -3.65. The number of anilines is 2. The van der Waals surface area contributed by atoms with Crippen molar-refractivity contribution in [2.75, 3.05) is 5.32 Å². The van der Waals surface area contributed by atoms with Crippen molar-refractivity contribution in [3.63, 3.8) is 0 Å². The minimum atomic E-state index is -4.69. The van der Waals surface area contributed by atoms with Crippen LogP contribution in [0.25, 0.3) is 0 Å². The smallest absolute Gasteiger partial charge is 0.365 e. The van der Waals surface area contributed by atoms with Crippen LogP contribution >= 0.6 is 11.6 Å². The summed E-state index contributed by atoms with van der Waals surface area (Å²) < 4.78 is 53.4. The van der Waals surface area contributed by atoms with Crippen molar-refractivity contribution in [1.82, 2.24) is 9.97 Å². The third-order valence-electron chi connectivity index (χ3n) is 3.23. The fourth-order valence-corrected chi connectivity index (χ4v) is 2.11. The Morgan fingerprint density at radius 1 is 1.16 bits per heavy atom. The van der Waals surface area contributed by atoms with Crippen LogP contribution in [-0.4, -0.2) is 15.9 Å². The van der Waals surface area contributed by atoms with Crippen molar-refractivity contribution in [1.29, 1.82) is 0 Å². The summed E-state index contributed by atoms with van der Waals surface area (Å²) in [5, 5.41) is 2.27. The number of nitrogens with zero attached hydrogens (tertiary/aromatic N) is 2. The Hall–Kier alpha value is -2.42. The Morgan fingerprint density at radius 3 is 2.28 bits per heavy atom. The maximum Gasteiger partial charge on any atom is 0.416 e. The quantitative estimate of drug-likeness (QED) is 0.619. The highest BCUT2D eigenvalue weighted by molar-refractivity contribution is 6.28. The monoisotopic (exact) mass is 376 g/mol. The number of halogens is 5. The number of amides is 1. The van der Waals surface area contributed by atoms with Crippen molar-refractivity contribution < 1.29 is 22.4 Å². The second-order valence-corrected chi connectivity index (χ2v) is 6.00. The molecule has 2 aromatic rings. The zero-order valence-corrected chi connectivity index (χ0v) is 13.8. The lowest BCUT2D eigenvalue weighted by atomic mass is 9.97. The van der Waals surface area contributed by atoms with E-state index in [4.69, 9.17) is 17.3 Å². The number of hydrogen-bond acceptors (Lipinski definition) is 4. The minimum Gasteiger partial charge on any atom is -0.365 e. The lowest BCUT2D eigenvalue weighted by molar-refractivity contribution is -0.137. The van der Waals surface area contributed by atoms with E-state index in [1.54, 1.807) is 0 Å². The van der Waals surface area contributed by atoms with E-state index in [2.05, 4.69) is 15.3 Å². The number of benzene rings is 1. The molecule has 1 aromatic heterocycles. The molecule has 134 valence electrons. The molecule has 0 saturated carbocycles. The van der Waals surface area contributed by atoms with Crippen LogP contribution in [0.1, 0.15) is 35.3 Å². The van der Waals surface area contributed by atoms with Gasteiger partial charge in [-0.15, -0.1) is 0 Å². The zero-order chi connectivity index (χ0) is 19.0. The van der Waals surface area contributed by atoms with E-state index in [1.165, 1.54) is 6.07 Å². The fraction of sp³-hybridized carbons (Fsp3) is 0.267. The number of hydrogen-bond donors (Lipinski definition) is 2. The molecule has 3 N–H and O–H groups in total. The van der Waals surface area contributed by atoms with E-state index < -0.39 is 23.3 Å². The van der Waals surface area contributed by atoms with Gasteiger partial charge in [0.1, 0.15) is 17.1 Å². The molecule has 10 heteroatoms. The summed E-state index contributed by atoms with van der Waals surface area (Å²) in [6, 6.07) is 2.65. The van der Waals surface area contributed by atoms with E-state index >= 15 is 0 Å². The maximum atomic E-state index is 14.2. The van der Waals surface area contributed by atoms with Crippen LogP contribution in [-0.2, 0) is 11.8 Å². The standard InChI is InChI=1S/C15H13ClF4N4O/c1-14(2,17)7-3-8(15(18,19)20)5-9(4-7)23-12-10(11(21)25)6-22-13(16)24-12/h3-6H,1-2H3,(H2,21,25)(H,22,23,24). The Labute approximate surface area is 145 Å². The number of rotatable bonds is 4. The second kappa shape index (κ2) is 6.47. The molecule has 0 bridgehead atoms. The van der Waals surface area contributed by atoms with Crippen LogP contribution in [0, 0.1) is 0 Å². The summed E-state index contributed by atoms with van der Waals surface area (Å²) in [4.78, 5) is 18.7. The molecule has 2 rings (SSSR count). The minimum absolute atomic E-state index is 0.132. The summed E-state index contributed by atoms with van der Waals surface area (Å²) in [5.74, 6) is -1.09. The highest BCUT2D eigenvalue weighted by Crippen LogP contribution is 2.36. The van der Waals surface area contributed by atoms with Crippen LogP contribution < -0.4 is 11.1 Å². The van der Waals surface area contributed by atoms with Crippen molar-refractivity contribution >= 4 is 29.0 Å². The van der Waals surface area contributed by atoms with Gasteiger partial charge in [-0.1, -0.05) is 0 Å². The molecule has 0 radical (unpaired) electrons. The topological polar surface area (TPSA) is 80.9 Å². The number of nitrogens with two attached hydrogens (primary N) is 1. The molecule has 5 nitrogen and oxygen atoms in total. The van der Waals surface area contributed by atoms with Gasteiger partial charge in [0.2, 0.25) is 5.28 Å². The van der Waals surface area contributed by atoms with Crippen LogP contribution in [0.3, 0.4) is 0 Å². The summed E-state index contributed by atoms with van der Waals surface area (Å²) in [6.45, 7) is 2.26. The Morgan fingerprint density at radius 2 is 1.76 bits per heavy atom. The van der Waals surface area contributed by atoms with E-state index in [0.29, 0.717) is 6.07 Å². The summed E-state index contributed by atoms with van der Waals surface area (Å²) in [5.41, 5.74) is 1.59. The molecule has 1 aromatic carbocycles. The van der Waals surface area contributed by atoms with Gasteiger partial charge in [0, 0.05) is 11.9 Å². The van der Waals surface area contributed by atoms with Gasteiger partial charge in [0.05, 0.1) is 5.56 Å². The van der Waals surface area contributed by atoms with Gasteiger partial charge in [-0.05, 0) is 49.2 Å². The third-order valence-corrected chi connectivity index (χ3v) is 3.42. The summed E-state index contributed by atoms with van der Waals surface area (Å²) >= 11 is 5.64. The first kappa shape index (κ1) is 18.9. The number of alkyl halides is 4. The van der Waals surface area contributed by atoms with Gasteiger partial charge >= 0.3 is 6.18 Å². The fourth-order valence-electron chi connectivity index (χ4n) is 1.98. The van der Waals surface area contributed by atoms with E-state index in [1.807, 2.05) is 0 Å². The van der Waals surface area contributed by atoms with E-state index in [0.717, 1.165) is 26.1 Å². The molecule has 0 saturated heterocycles. The molecule has 0 unspecified atom stereocenters. The molecule has 0 atom stereocenters. The molecule has 25 heavy (non-hydrogen) atoms. The van der Waals surface area contributed by atoms with Crippen LogP contribution in [0.2, 0.25) is 5.28 Å². The van der Waals surface area contributed by atoms with Gasteiger partial charge in [0.15, 0.2) is 0 Å². The Bertz CT molecular complexity index is 786. The van der Waals surface area contributed by atoms with Gasteiger partial charge < -0.3 is 11.1 Å². The van der Waals surface area contributed by atoms with Gasteiger partial charge in [-0.3, -0.25) is 4.79 Å². The molecular formula is C15H13ClF4N4O. The average Bonchev–Trinajstić information content (AvgIpc) is 2.44. The summed E-state index contributed by atoms with van der Waals surface area (Å²) in [7, 11) is 0. The highest BCUT2D eigenvalue weighted by Gasteiger charge is 2.33. The van der Waals surface area contributed by atoms with Crippen molar-refractivity contribution in [3.05, 3.63) is 46.4 Å². The highest BCUT2D eigenvalue weighted by atomic mass is 35.5. The molecule has 1 amide bonds. The molecule has 0 aliphatic rings. The first-order valence-electron chi connectivity index (χ1n) is 6.89. The Kier molecular flexibility index (Phi) is 4.90. The second-order valence-electron chi connectivity index (χ2n) is 5.66. The predicted molar refractivity (Wildman–Crippen MR) is 84.4 cm³/mol. The largest absolute Gasteiger partial charge is 0.416 e. The van der Waals surface area contributed by atoms with Crippen LogP contribution in [0.5, 0.6) is 0 Å². The molecule has 0 fully saturated rings. The first-order valence-corrected chi connectivity index (χ1v) is 7.27. The first-order chi connectivity index (χ1) is 11.4. The van der Waals surface area contributed by atoms with Gasteiger partial charge in [-0.25, -0.2) is 9.37 Å². The molecule has 0 spiro atoms. The van der Waals surface area contributed by atoms with Crippen LogP contribution in [0.15, 0.2) is 24.4 Å². The van der Waals surface area contributed by atoms with Crippen molar-refractivity contribution in [3.8, 4) is 0 Å². The molecule has 1 heterocycles. The maximum absolute atomic E-state index is 14.2. The lowest BCUT2D eigenvalue weighted by Crippen LogP contribution is -2.16. The van der Waals surface area contributed by atoms with Crippen molar-refractivity contribution in [2.24, 2.45) is 5.73 Å². The number of primary amides is 1. The molecular weight excluding hydrogens is 364 g/mol.